The molecule has 0 saturated carbocycles. The molecule has 4 nitrogen and oxygen atoms in total. The molecule has 0 fully saturated rings. The fourth-order valence-electron chi connectivity index (χ4n) is 3.55. The van der Waals surface area contributed by atoms with Crippen molar-refractivity contribution in [3.05, 3.63) is 83.4 Å². The summed E-state index contributed by atoms with van der Waals surface area (Å²) in [5, 5.41) is 4.29. The van der Waals surface area contributed by atoms with Gasteiger partial charge in [-0.25, -0.2) is 0 Å². The number of carbonyl (C=O) groups is 2. The van der Waals surface area contributed by atoms with Crippen molar-refractivity contribution in [3.63, 3.8) is 0 Å². The quantitative estimate of drug-likeness (QED) is 0.532. The van der Waals surface area contributed by atoms with Crippen molar-refractivity contribution >= 4 is 17.3 Å². The normalized spacial score (nSPS) is 22.3. The highest BCUT2D eigenvalue weighted by atomic mass is 16.2. The largest absolute Gasteiger partial charge is 0.291 e. The maximum absolute atomic E-state index is 13.4. The van der Waals surface area contributed by atoms with Gasteiger partial charge in [0.15, 0.2) is 0 Å². The van der Waals surface area contributed by atoms with Crippen LogP contribution in [0.5, 0.6) is 0 Å². The van der Waals surface area contributed by atoms with Gasteiger partial charge in [-0.05, 0) is 24.8 Å². The summed E-state index contributed by atoms with van der Waals surface area (Å²) in [6.45, 7) is 0. The van der Waals surface area contributed by atoms with Crippen LogP contribution in [0.15, 0.2) is 77.4 Å². The summed E-state index contributed by atoms with van der Waals surface area (Å²) in [6.07, 6.45) is 4.58. The molecule has 0 bridgehead atoms. The zero-order valence-electron chi connectivity index (χ0n) is 13.7. The first-order valence-corrected chi connectivity index (χ1v) is 8.48. The Hall–Kier alpha value is -3.01. The number of nitrogens with one attached hydrogen (secondary N) is 1. The molecule has 0 spiro atoms. The van der Waals surface area contributed by atoms with E-state index in [9.17, 15) is 9.59 Å². The number of Topliss-reactive ketones (excluding diaryl/α,β-unsaturated/α-hetero) is 2. The molecule has 25 heavy (non-hydrogen) atoms. The first-order valence-electron chi connectivity index (χ1n) is 8.48. The summed E-state index contributed by atoms with van der Waals surface area (Å²) in [5.41, 5.74) is 3.92. The van der Waals surface area contributed by atoms with E-state index in [1.807, 2.05) is 54.6 Å². The Balaban J connectivity index is 1.79. The van der Waals surface area contributed by atoms with E-state index in [2.05, 4.69) is 10.5 Å². The number of carbonyl (C=O) groups excluding carboxylic acids is 2. The highest BCUT2D eigenvalue weighted by Crippen LogP contribution is 2.35. The zero-order valence-corrected chi connectivity index (χ0v) is 13.7. The summed E-state index contributed by atoms with van der Waals surface area (Å²) >= 11 is 0. The molecular weight excluding hydrogens is 312 g/mol. The van der Waals surface area contributed by atoms with Crippen molar-refractivity contribution < 1.29 is 9.59 Å². The van der Waals surface area contributed by atoms with E-state index in [0.29, 0.717) is 11.3 Å². The van der Waals surface area contributed by atoms with Crippen LogP contribution in [0.3, 0.4) is 0 Å². The lowest BCUT2D eigenvalue weighted by atomic mass is 9.77. The second-order valence-corrected chi connectivity index (χ2v) is 6.33. The third-order valence-electron chi connectivity index (χ3n) is 4.84. The predicted octanol–water partition coefficient (Wildman–Crippen LogP) is 3.30. The van der Waals surface area contributed by atoms with E-state index in [4.69, 9.17) is 0 Å². The molecule has 2 aromatic carbocycles. The van der Waals surface area contributed by atoms with E-state index in [-0.39, 0.29) is 11.6 Å². The SMILES string of the molecule is O=C1C(c2ccccc2)=NNC1(C(=O)c1ccccc1)C1=CCCC1. The second kappa shape index (κ2) is 6.13. The third-order valence-corrected chi connectivity index (χ3v) is 4.84. The van der Waals surface area contributed by atoms with Crippen LogP contribution in [0, 0.1) is 0 Å². The first kappa shape index (κ1) is 15.5. The zero-order chi connectivity index (χ0) is 17.3. The molecular formula is C21H18N2O2. The van der Waals surface area contributed by atoms with Crippen molar-refractivity contribution in [2.45, 2.75) is 24.8 Å². The summed E-state index contributed by atoms with van der Waals surface area (Å²) in [6, 6.07) is 18.2. The Labute approximate surface area is 146 Å². The average molecular weight is 330 g/mol. The van der Waals surface area contributed by atoms with Crippen molar-refractivity contribution in [2.75, 3.05) is 0 Å². The molecule has 1 unspecified atom stereocenters. The minimum atomic E-state index is -1.40. The molecule has 0 saturated heterocycles. The van der Waals surface area contributed by atoms with Gasteiger partial charge in [0.2, 0.25) is 17.1 Å². The summed E-state index contributed by atoms with van der Waals surface area (Å²) in [4.78, 5) is 26.7. The Bertz CT molecular complexity index is 885. The Kier molecular flexibility index (Phi) is 3.80. The van der Waals surface area contributed by atoms with Crippen molar-refractivity contribution in [1.29, 1.82) is 0 Å². The van der Waals surface area contributed by atoms with Gasteiger partial charge in [-0.2, -0.15) is 5.10 Å². The molecule has 4 rings (SSSR count). The molecule has 1 aliphatic carbocycles. The van der Waals surface area contributed by atoms with Crippen molar-refractivity contribution in [2.24, 2.45) is 5.10 Å². The van der Waals surface area contributed by atoms with E-state index in [0.717, 1.165) is 30.4 Å². The fraction of sp³-hybridized carbons (Fsp3) is 0.190. The maximum Gasteiger partial charge on any atom is 0.222 e. The highest BCUT2D eigenvalue weighted by Gasteiger charge is 2.54. The first-order chi connectivity index (χ1) is 12.2. The molecule has 0 radical (unpaired) electrons. The molecule has 1 N–H and O–H groups in total. The number of allylic oxidation sites excluding steroid dienone is 1. The van der Waals surface area contributed by atoms with Crippen LogP contribution >= 0.6 is 0 Å². The number of ketones is 2. The minimum absolute atomic E-state index is 0.235. The molecule has 4 heteroatoms. The van der Waals surface area contributed by atoms with Crippen molar-refractivity contribution in [1.82, 2.24) is 5.43 Å². The van der Waals surface area contributed by atoms with Gasteiger partial charge >= 0.3 is 0 Å². The van der Waals surface area contributed by atoms with Gasteiger partial charge in [0, 0.05) is 11.1 Å². The molecule has 124 valence electrons. The topological polar surface area (TPSA) is 58.5 Å². The standard InChI is InChI=1S/C21H18N2O2/c24-19(16-11-5-2-6-12-16)21(17-13-7-8-14-17)20(25)18(22-23-21)15-9-3-1-4-10-15/h1-6,9-13,23H,7-8,14H2. The van der Waals surface area contributed by atoms with Crippen LogP contribution in [0.25, 0.3) is 0 Å². The van der Waals surface area contributed by atoms with Crippen molar-refractivity contribution in [3.8, 4) is 0 Å². The van der Waals surface area contributed by atoms with E-state index < -0.39 is 5.54 Å². The summed E-state index contributed by atoms with van der Waals surface area (Å²) in [5.74, 6) is -0.498. The number of hydrogen-bond donors (Lipinski definition) is 1. The van der Waals surface area contributed by atoms with Gasteiger partial charge in [-0.15, -0.1) is 0 Å². The number of rotatable bonds is 4. The second-order valence-electron chi connectivity index (χ2n) is 6.33. The summed E-state index contributed by atoms with van der Waals surface area (Å²) < 4.78 is 0. The molecule has 1 heterocycles. The van der Waals surface area contributed by atoms with Gasteiger partial charge in [-0.1, -0.05) is 66.7 Å². The van der Waals surface area contributed by atoms with Crippen LogP contribution in [0.2, 0.25) is 0 Å². The van der Waals surface area contributed by atoms with Crippen LogP contribution in [-0.2, 0) is 4.79 Å². The number of nitrogens with zero attached hydrogens (tertiary/aromatic N) is 1. The maximum atomic E-state index is 13.4. The lowest BCUT2D eigenvalue weighted by molar-refractivity contribution is -0.115. The van der Waals surface area contributed by atoms with E-state index >= 15 is 0 Å². The molecule has 2 aromatic rings. The van der Waals surface area contributed by atoms with Gasteiger partial charge in [0.1, 0.15) is 5.71 Å². The molecule has 0 amide bonds. The minimum Gasteiger partial charge on any atom is -0.291 e. The van der Waals surface area contributed by atoms with Gasteiger partial charge in [0.05, 0.1) is 0 Å². The monoisotopic (exact) mass is 330 g/mol. The number of hydrazone groups is 1. The van der Waals surface area contributed by atoms with E-state index in [1.165, 1.54) is 0 Å². The highest BCUT2D eigenvalue weighted by molar-refractivity contribution is 6.55. The lowest BCUT2D eigenvalue weighted by Crippen LogP contribution is -2.55. The Morgan fingerprint density at radius 1 is 1.00 bits per heavy atom. The molecule has 1 atom stereocenters. The molecule has 2 aliphatic rings. The fourth-order valence-corrected chi connectivity index (χ4v) is 3.55. The Morgan fingerprint density at radius 3 is 2.32 bits per heavy atom. The van der Waals surface area contributed by atoms with Crippen LogP contribution in [0.1, 0.15) is 35.2 Å². The third kappa shape index (κ3) is 2.41. The van der Waals surface area contributed by atoms with Crippen LogP contribution < -0.4 is 5.43 Å². The van der Waals surface area contributed by atoms with Crippen LogP contribution in [0.4, 0.5) is 0 Å². The average Bonchev–Trinajstić information content (AvgIpc) is 3.31. The van der Waals surface area contributed by atoms with Gasteiger partial charge in [0.25, 0.3) is 0 Å². The number of hydrogen-bond acceptors (Lipinski definition) is 4. The smallest absolute Gasteiger partial charge is 0.222 e. The van der Waals surface area contributed by atoms with E-state index in [1.54, 1.807) is 12.1 Å². The lowest BCUT2D eigenvalue weighted by Gasteiger charge is -2.27. The number of benzene rings is 2. The Morgan fingerprint density at radius 2 is 1.68 bits per heavy atom. The van der Waals surface area contributed by atoms with Gasteiger partial charge < -0.3 is 0 Å². The van der Waals surface area contributed by atoms with Gasteiger partial charge in [-0.3, -0.25) is 15.0 Å². The molecule has 0 aromatic heterocycles. The summed E-state index contributed by atoms with van der Waals surface area (Å²) in [7, 11) is 0. The molecule has 1 aliphatic heterocycles. The predicted molar refractivity (Wildman–Crippen MR) is 96.6 cm³/mol. The van der Waals surface area contributed by atoms with Crippen LogP contribution in [-0.4, -0.2) is 22.8 Å².